The minimum atomic E-state index is -1.74. The van der Waals surface area contributed by atoms with Gasteiger partial charge < -0.3 is 15.3 Å². The van der Waals surface area contributed by atoms with Crippen LogP contribution in [-0.2, 0) is 6.42 Å². The molecule has 1 aromatic rings. The number of aliphatic hydroxyl groups excluding tert-OH is 1. The smallest absolute Gasteiger partial charge is 0.266 e. The number of rotatable bonds is 6. The molecule has 0 radical (unpaired) electrons. The van der Waals surface area contributed by atoms with Crippen LogP contribution in [0.25, 0.3) is 0 Å². The van der Waals surface area contributed by atoms with Gasteiger partial charge in [-0.3, -0.25) is 0 Å². The van der Waals surface area contributed by atoms with Crippen molar-refractivity contribution in [3.05, 3.63) is 34.4 Å². The Morgan fingerprint density at radius 1 is 1.00 bits per heavy atom. The van der Waals surface area contributed by atoms with Gasteiger partial charge in [0.25, 0.3) is 6.08 Å². The lowest BCUT2D eigenvalue weighted by Crippen LogP contribution is -2.08. The van der Waals surface area contributed by atoms with Crippen LogP contribution in [0.1, 0.15) is 41.5 Å². The van der Waals surface area contributed by atoms with Crippen LogP contribution in [0.2, 0.25) is 0 Å². The molecule has 0 aliphatic carbocycles. The quantitative estimate of drug-likeness (QED) is 0.699. The molecule has 0 amide bonds. The lowest BCUT2D eigenvalue weighted by atomic mass is 9.93. The lowest BCUT2D eigenvalue weighted by Gasteiger charge is -2.17. The van der Waals surface area contributed by atoms with E-state index in [1.807, 2.05) is 0 Å². The molecule has 0 bridgehead atoms. The van der Waals surface area contributed by atoms with Crippen molar-refractivity contribution in [2.24, 2.45) is 0 Å². The van der Waals surface area contributed by atoms with Gasteiger partial charge in [0.05, 0.1) is 6.10 Å². The number of aromatic hydroxyl groups is 2. The van der Waals surface area contributed by atoms with Gasteiger partial charge in [-0.2, -0.15) is 8.78 Å². The third-order valence-corrected chi connectivity index (χ3v) is 3.89. The number of phenolic OH excluding ortho intramolecular Hbond substituents is 2. The summed E-state index contributed by atoms with van der Waals surface area (Å²) in [5.41, 5.74) is 2.45. The molecule has 1 rings (SSSR count). The van der Waals surface area contributed by atoms with E-state index in [1.165, 1.54) is 0 Å². The topological polar surface area (TPSA) is 60.7 Å². The SMILES string of the molecule is Cc1c(C)c(O)c(CCC(O)CCC=C(F)F)c(C)c1O. The Labute approximate surface area is 123 Å². The summed E-state index contributed by atoms with van der Waals surface area (Å²) >= 11 is 0. The van der Waals surface area contributed by atoms with E-state index in [-0.39, 0.29) is 24.3 Å². The van der Waals surface area contributed by atoms with Crippen molar-refractivity contribution in [2.45, 2.75) is 52.6 Å². The highest BCUT2D eigenvalue weighted by atomic mass is 19.3. The van der Waals surface area contributed by atoms with E-state index in [1.54, 1.807) is 20.8 Å². The van der Waals surface area contributed by atoms with Crippen LogP contribution < -0.4 is 0 Å². The zero-order valence-electron chi connectivity index (χ0n) is 12.6. The standard InChI is InChI=1S/C16H22F2O3/c1-9-10(2)16(21)13(11(3)15(9)20)8-7-12(19)5-4-6-14(17)18/h6,12,19-21H,4-5,7-8H2,1-3H3. The van der Waals surface area contributed by atoms with Gasteiger partial charge in [0, 0.05) is 5.56 Å². The number of benzene rings is 1. The number of hydrogen-bond donors (Lipinski definition) is 3. The first kappa shape index (κ1) is 17.4. The molecule has 0 saturated carbocycles. The van der Waals surface area contributed by atoms with Crippen molar-refractivity contribution >= 4 is 0 Å². The van der Waals surface area contributed by atoms with Crippen LogP contribution in [-0.4, -0.2) is 21.4 Å². The molecule has 0 aromatic heterocycles. The summed E-state index contributed by atoms with van der Waals surface area (Å²) in [6.07, 6.45) is -0.583. The van der Waals surface area contributed by atoms with E-state index in [4.69, 9.17) is 0 Å². The molecule has 1 unspecified atom stereocenters. The van der Waals surface area contributed by atoms with Crippen molar-refractivity contribution in [1.29, 1.82) is 0 Å². The summed E-state index contributed by atoms with van der Waals surface area (Å²) in [7, 11) is 0. The van der Waals surface area contributed by atoms with Crippen molar-refractivity contribution in [3.8, 4) is 11.5 Å². The summed E-state index contributed by atoms with van der Waals surface area (Å²) < 4.78 is 23.8. The van der Waals surface area contributed by atoms with E-state index in [0.717, 1.165) is 6.08 Å². The van der Waals surface area contributed by atoms with Crippen LogP contribution >= 0.6 is 0 Å². The van der Waals surface area contributed by atoms with Crippen LogP contribution in [0, 0.1) is 20.8 Å². The molecule has 1 aromatic carbocycles. The molecule has 118 valence electrons. The van der Waals surface area contributed by atoms with Gasteiger partial charge in [-0.15, -0.1) is 0 Å². The van der Waals surface area contributed by atoms with E-state index < -0.39 is 12.2 Å². The normalized spacial score (nSPS) is 12.3. The number of phenols is 2. The summed E-state index contributed by atoms with van der Waals surface area (Å²) in [6, 6.07) is 0. The predicted molar refractivity (Wildman–Crippen MR) is 77.8 cm³/mol. The monoisotopic (exact) mass is 300 g/mol. The average Bonchev–Trinajstić information content (AvgIpc) is 2.42. The highest BCUT2D eigenvalue weighted by molar-refractivity contribution is 5.56. The molecule has 0 spiro atoms. The summed E-state index contributed by atoms with van der Waals surface area (Å²) in [5, 5.41) is 29.9. The molecule has 0 heterocycles. The van der Waals surface area contributed by atoms with Gasteiger partial charge in [-0.1, -0.05) is 0 Å². The molecule has 21 heavy (non-hydrogen) atoms. The van der Waals surface area contributed by atoms with Crippen molar-refractivity contribution in [1.82, 2.24) is 0 Å². The van der Waals surface area contributed by atoms with Gasteiger partial charge in [-0.05, 0) is 69.2 Å². The number of hydrogen-bond acceptors (Lipinski definition) is 3. The van der Waals surface area contributed by atoms with Gasteiger partial charge >= 0.3 is 0 Å². The number of allylic oxidation sites excluding steroid dienone is 1. The number of halogens is 2. The Bertz CT molecular complexity index is 506. The molecule has 0 saturated heterocycles. The third kappa shape index (κ3) is 4.43. The summed E-state index contributed by atoms with van der Waals surface area (Å²) in [6.45, 7) is 5.16. The second kappa shape index (κ2) is 7.41. The Kier molecular flexibility index (Phi) is 6.15. The number of aliphatic hydroxyl groups is 1. The maximum absolute atomic E-state index is 11.9. The Morgan fingerprint density at radius 3 is 2.14 bits per heavy atom. The van der Waals surface area contributed by atoms with Gasteiger partial charge in [0.1, 0.15) is 11.5 Å². The molecular formula is C16H22F2O3. The van der Waals surface area contributed by atoms with Crippen molar-refractivity contribution in [2.75, 3.05) is 0 Å². The van der Waals surface area contributed by atoms with Crippen LogP contribution in [0.4, 0.5) is 8.78 Å². The fourth-order valence-electron chi connectivity index (χ4n) is 2.33. The molecule has 0 aliphatic heterocycles. The fourth-order valence-corrected chi connectivity index (χ4v) is 2.33. The zero-order valence-corrected chi connectivity index (χ0v) is 12.6. The first-order valence-electron chi connectivity index (χ1n) is 6.95. The molecule has 5 heteroatoms. The molecule has 3 nitrogen and oxygen atoms in total. The minimum Gasteiger partial charge on any atom is -0.507 e. The summed E-state index contributed by atoms with van der Waals surface area (Å²) in [4.78, 5) is 0. The zero-order chi connectivity index (χ0) is 16.2. The minimum absolute atomic E-state index is 0.118. The van der Waals surface area contributed by atoms with Crippen molar-refractivity contribution in [3.63, 3.8) is 0 Å². The van der Waals surface area contributed by atoms with Crippen LogP contribution in [0.3, 0.4) is 0 Å². The second-order valence-corrected chi connectivity index (χ2v) is 5.31. The van der Waals surface area contributed by atoms with E-state index in [0.29, 0.717) is 35.1 Å². The first-order chi connectivity index (χ1) is 9.75. The Balaban J connectivity index is 2.74. The molecule has 3 N–H and O–H groups in total. The average molecular weight is 300 g/mol. The highest BCUT2D eigenvalue weighted by Crippen LogP contribution is 2.37. The Morgan fingerprint density at radius 2 is 1.57 bits per heavy atom. The highest BCUT2D eigenvalue weighted by Gasteiger charge is 2.17. The largest absolute Gasteiger partial charge is 0.507 e. The third-order valence-electron chi connectivity index (χ3n) is 3.89. The molecule has 1 atom stereocenters. The van der Waals surface area contributed by atoms with Crippen LogP contribution in [0.5, 0.6) is 11.5 Å². The molecule has 0 fully saturated rings. The lowest BCUT2D eigenvalue weighted by molar-refractivity contribution is 0.155. The van der Waals surface area contributed by atoms with Gasteiger partial charge in [0.15, 0.2) is 0 Å². The maximum Gasteiger partial charge on any atom is 0.266 e. The predicted octanol–water partition coefficient (Wildman–Crippen LogP) is 3.88. The fraction of sp³-hybridized carbons (Fsp3) is 0.500. The molecule has 0 aliphatic rings. The van der Waals surface area contributed by atoms with E-state index in [9.17, 15) is 24.1 Å². The van der Waals surface area contributed by atoms with Crippen molar-refractivity contribution < 1.29 is 24.1 Å². The van der Waals surface area contributed by atoms with E-state index >= 15 is 0 Å². The van der Waals surface area contributed by atoms with Gasteiger partial charge in [0.2, 0.25) is 0 Å². The first-order valence-corrected chi connectivity index (χ1v) is 6.95. The summed E-state index contributed by atoms with van der Waals surface area (Å²) in [5.74, 6) is 0.280. The molecular weight excluding hydrogens is 278 g/mol. The van der Waals surface area contributed by atoms with E-state index in [2.05, 4.69) is 0 Å². The maximum atomic E-state index is 11.9. The van der Waals surface area contributed by atoms with Gasteiger partial charge in [-0.25, -0.2) is 0 Å². The Hall–Kier alpha value is -1.62. The second-order valence-electron chi connectivity index (χ2n) is 5.31. The van der Waals surface area contributed by atoms with Crippen LogP contribution in [0.15, 0.2) is 12.2 Å².